The van der Waals surface area contributed by atoms with Crippen LogP contribution in [0, 0.1) is 6.92 Å². The van der Waals surface area contributed by atoms with Crippen LogP contribution < -0.4 is 0 Å². The number of halogens is 1. The molecular weight excluding hydrogens is 222 g/mol. The van der Waals surface area contributed by atoms with Crippen LogP contribution in [-0.4, -0.2) is 14.5 Å². The van der Waals surface area contributed by atoms with E-state index in [1.54, 1.807) is 0 Å². The van der Waals surface area contributed by atoms with Crippen molar-refractivity contribution in [3.63, 3.8) is 0 Å². The second-order valence-corrected chi connectivity index (χ2v) is 4.93. The third-order valence-electron chi connectivity index (χ3n) is 3.46. The standard InChI is InChI=1S/C12H14ClN3/c1-7-14-11(8-4-3-5-8)9-6-10(13)16(2)12(9)15-7/h6,8H,3-5H2,1-2H3. The predicted molar refractivity (Wildman–Crippen MR) is 64.8 cm³/mol. The first-order valence-electron chi connectivity index (χ1n) is 5.66. The average Bonchev–Trinajstić information content (AvgIpc) is 2.42. The molecule has 0 aromatic carbocycles. The third-order valence-corrected chi connectivity index (χ3v) is 3.82. The minimum atomic E-state index is 0.614. The van der Waals surface area contributed by atoms with Gasteiger partial charge in [-0.1, -0.05) is 18.0 Å². The van der Waals surface area contributed by atoms with Crippen molar-refractivity contribution in [2.75, 3.05) is 0 Å². The van der Waals surface area contributed by atoms with Gasteiger partial charge in [0.05, 0.1) is 5.69 Å². The Kier molecular flexibility index (Phi) is 2.18. The SMILES string of the molecule is Cc1nc(C2CCC2)c2cc(Cl)n(C)c2n1. The largest absolute Gasteiger partial charge is 0.319 e. The summed E-state index contributed by atoms with van der Waals surface area (Å²) in [7, 11) is 1.95. The van der Waals surface area contributed by atoms with E-state index in [0.29, 0.717) is 5.92 Å². The van der Waals surface area contributed by atoms with Gasteiger partial charge in [0, 0.05) is 18.4 Å². The molecule has 16 heavy (non-hydrogen) atoms. The number of hydrogen-bond donors (Lipinski definition) is 0. The molecule has 0 N–H and O–H groups in total. The number of nitrogens with zero attached hydrogens (tertiary/aromatic N) is 3. The highest BCUT2D eigenvalue weighted by atomic mass is 35.5. The van der Waals surface area contributed by atoms with Gasteiger partial charge in [0.1, 0.15) is 16.6 Å². The van der Waals surface area contributed by atoms with Crippen molar-refractivity contribution in [3.8, 4) is 0 Å². The van der Waals surface area contributed by atoms with Crippen LogP contribution in [-0.2, 0) is 7.05 Å². The molecule has 1 aliphatic rings. The van der Waals surface area contributed by atoms with E-state index in [2.05, 4.69) is 9.97 Å². The maximum Gasteiger partial charge on any atom is 0.144 e. The van der Waals surface area contributed by atoms with E-state index in [9.17, 15) is 0 Å². The van der Waals surface area contributed by atoms with Crippen molar-refractivity contribution in [2.45, 2.75) is 32.1 Å². The highest BCUT2D eigenvalue weighted by Gasteiger charge is 2.24. The lowest BCUT2D eigenvalue weighted by Crippen LogP contribution is -2.12. The van der Waals surface area contributed by atoms with E-state index in [1.807, 2.05) is 24.6 Å². The number of rotatable bonds is 1. The molecule has 0 spiro atoms. The van der Waals surface area contributed by atoms with E-state index in [4.69, 9.17) is 11.6 Å². The predicted octanol–water partition coefficient (Wildman–Crippen LogP) is 3.20. The molecule has 0 amide bonds. The minimum Gasteiger partial charge on any atom is -0.319 e. The van der Waals surface area contributed by atoms with Crippen molar-refractivity contribution in [3.05, 3.63) is 22.7 Å². The summed E-state index contributed by atoms with van der Waals surface area (Å²) in [5.74, 6) is 1.45. The van der Waals surface area contributed by atoms with Crippen LogP contribution in [0.3, 0.4) is 0 Å². The molecule has 0 unspecified atom stereocenters. The fourth-order valence-corrected chi connectivity index (χ4v) is 2.48. The summed E-state index contributed by atoms with van der Waals surface area (Å²) in [4.78, 5) is 9.06. The molecule has 0 bridgehead atoms. The van der Waals surface area contributed by atoms with Gasteiger partial charge in [-0.15, -0.1) is 0 Å². The molecule has 2 aromatic heterocycles. The fourth-order valence-electron chi connectivity index (χ4n) is 2.29. The third kappa shape index (κ3) is 1.34. The van der Waals surface area contributed by atoms with Crippen molar-refractivity contribution >= 4 is 22.6 Å². The first-order chi connectivity index (χ1) is 7.66. The van der Waals surface area contributed by atoms with E-state index in [0.717, 1.165) is 22.0 Å². The van der Waals surface area contributed by atoms with Gasteiger partial charge in [0.15, 0.2) is 0 Å². The molecule has 1 saturated carbocycles. The Balaban J connectivity index is 2.29. The van der Waals surface area contributed by atoms with E-state index in [1.165, 1.54) is 25.0 Å². The molecule has 0 saturated heterocycles. The Morgan fingerprint density at radius 2 is 2.12 bits per heavy atom. The Labute approximate surface area is 99.5 Å². The number of aromatic nitrogens is 3. The van der Waals surface area contributed by atoms with Crippen LogP contribution >= 0.6 is 11.6 Å². The number of aryl methyl sites for hydroxylation is 2. The summed E-state index contributed by atoms with van der Waals surface area (Å²) >= 11 is 6.14. The molecule has 3 nitrogen and oxygen atoms in total. The smallest absolute Gasteiger partial charge is 0.144 e. The molecule has 0 atom stereocenters. The monoisotopic (exact) mass is 235 g/mol. The molecule has 1 fully saturated rings. The lowest BCUT2D eigenvalue weighted by Gasteiger charge is -2.25. The van der Waals surface area contributed by atoms with Gasteiger partial charge >= 0.3 is 0 Å². The molecule has 1 aliphatic carbocycles. The average molecular weight is 236 g/mol. The molecule has 2 heterocycles. The van der Waals surface area contributed by atoms with Crippen molar-refractivity contribution in [1.29, 1.82) is 0 Å². The van der Waals surface area contributed by atoms with Crippen molar-refractivity contribution in [2.24, 2.45) is 7.05 Å². The Morgan fingerprint density at radius 3 is 2.75 bits per heavy atom. The normalized spacial score (nSPS) is 16.7. The van der Waals surface area contributed by atoms with Crippen LogP contribution in [0.15, 0.2) is 6.07 Å². The van der Waals surface area contributed by atoms with Crippen LogP contribution in [0.1, 0.15) is 36.7 Å². The van der Waals surface area contributed by atoms with Gasteiger partial charge in [0.25, 0.3) is 0 Å². The van der Waals surface area contributed by atoms with Crippen molar-refractivity contribution in [1.82, 2.24) is 14.5 Å². The molecule has 84 valence electrons. The quantitative estimate of drug-likeness (QED) is 0.760. The first-order valence-corrected chi connectivity index (χ1v) is 6.04. The van der Waals surface area contributed by atoms with Gasteiger partial charge in [0.2, 0.25) is 0 Å². The minimum absolute atomic E-state index is 0.614. The number of hydrogen-bond acceptors (Lipinski definition) is 2. The lowest BCUT2D eigenvalue weighted by atomic mass is 9.82. The van der Waals surface area contributed by atoms with Crippen LogP contribution in [0.4, 0.5) is 0 Å². The highest BCUT2D eigenvalue weighted by Crippen LogP contribution is 2.39. The lowest BCUT2D eigenvalue weighted by molar-refractivity contribution is 0.413. The molecule has 0 aliphatic heterocycles. The van der Waals surface area contributed by atoms with Crippen LogP contribution in [0.25, 0.3) is 11.0 Å². The first kappa shape index (κ1) is 10.1. The fraction of sp³-hybridized carbons (Fsp3) is 0.500. The van der Waals surface area contributed by atoms with Gasteiger partial charge in [-0.05, 0) is 25.8 Å². The Morgan fingerprint density at radius 1 is 1.38 bits per heavy atom. The second kappa shape index (κ2) is 3.45. The molecular formula is C12H14ClN3. The maximum atomic E-state index is 6.14. The zero-order valence-corrected chi connectivity index (χ0v) is 10.3. The van der Waals surface area contributed by atoms with Crippen molar-refractivity contribution < 1.29 is 0 Å². The molecule has 3 rings (SSSR count). The van der Waals surface area contributed by atoms with E-state index < -0.39 is 0 Å². The van der Waals surface area contributed by atoms with Gasteiger partial charge in [-0.25, -0.2) is 9.97 Å². The number of fused-ring (bicyclic) bond motifs is 1. The summed E-state index contributed by atoms with van der Waals surface area (Å²) in [6, 6.07) is 1.99. The van der Waals surface area contributed by atoms with E-state index in [-0.39, 0.29) is 0 Å². The summed E-state index contributed by atoms with van der Waals surface area (Å²) in [6.45, 7) is 1.95. The zero-order valence-electron chi connectivity index (χ0n) is 9.50. The molecule has 4 heteroatoms. The molecule has 0 radical (unpaired) electrons. The van der Waals surface area contributed by atoms with Gasteiger partial charge < -0.3 is 4.57 Å². The van der Waals surface area contributed by atoms with Crippen LogP contribution in [0.5, 0.6) is 0 Å². The van der Waals surface area contributed by atoms with Gasteiger partial charge in [-0.2, -0.15) is 0 Å². The van der Waals surface area contributed by atoms with Gasteiger partial charge in [-0.3, -0.25) is 0 Å². The molecule has 2 aromatic rings. The Bertz CT molecular complexity index is 555. The van der Waals surface area contributed by atoms with Crippen LogP contribution in [0.2, 0.25) is 5.15 Å². The highest BCUT2D eigenvalue weighted by molar-refractivity contribution is 6.30. The summed E-state index contributed by atoms with van der Waals surface area (Å²) < 4.78 is 1.92. The van der Waals surface area contributed by atoms with E-state index >= 15 is 0 Å². The Hall–Kier alpha value is -1.09. The maximum absolute atomic E-state index is 6.14. The summed E-state index contributed by atoms with van der Waals surface area (Å²) in [5.41, 5.74) is 2.15. The summed E-state index contributed by atoms with van der Waals surface area (Å²) in [5, 5.41) is 1.86. The topological polar surface area (TPSA) is 30.7 Å². The summed E-state index contributed by atoms with van der Waals surface area (Å²) in [6.07, 6.45) is 3.81. The second-order valence-electron chi connectivity index (χ2n) is 4.55. The zero-order chi connectivity index (χ0) is 11.3.